The van der Waals surface area contributed by atoms with Crippen LogP contribution in [0.3, 0.4) is 0 Å². The fourth-order valence-corrected chi connectivity index (χ4v) is 4.23. The van der Waals surface area contributed by atoms with Crippen LogP contribution in [-0.2, 0) is 15.7 Å². The van der Waals surface area contributed by atoms with Crippen molar-refractivity contribution in [2.75, 3.05) is 38.3 Å². The lowest BCUT2D eigenvalue weighted by Gasteiger charge is -2.28. The maximum Gasteiger partial charge on any atom is 0.416 e. The first-order chi connectivity index (χ1) is 14.8. The number of nitrogens with zero attached hydrogens (tertiary/aromatic N) is 3. The molecule has 2 fully saturated rings. The van der Waals surface area contributed by atoms with Gasteiger partial charge in [0.25, 0.3) is 5.91 Å². The van der Waals surface area contributed by atoms with Gasteiger partial charge in [0.1, 0.15) is 0 Å². The fourth-order valence-electron chi connectivity index (χ4n) is 3.24. The molecule has 162 valence electrons. The molecule has 4 rings (SSSR count). The van der Waals surface area contributed by atoms with Gasteiger partial charge >= 0.3 is 6.18 Å². The van der Waals surface area contributed by atoms with Crippen LogP contribution in [0.1, 0.15) is 11.1 Å². The Balaban J connectivity index is 1.49. The van der Waals surface area contributed by atoms with Crippen LogP contribution in [-0.4, -0.2) is 49.3 Å². The number of carbonyl (C=O) groups excluding carboxylic acids is 1. The van der Waals surface area contributed by atoms with Crippen molar-refractivity contribution in [2.24, 2.45) is 4.99 Å². The number of amidine groups is 1. The number of ether oxygens (including phenoxy) is 1. The van der Waals surface area contributed by atoms with E-state index in [1.165, 1.54) is 28.8 Å². The van der Waals surface area contributed by atoms with Crippen LogP contribution in [0.15, 0.2) is 58.4 Å². The number of rotatable bonds is 3. The molecular weight excluding hydrogens is 427 g/mol. The Kier molecular flexibility index (Phi) is 6.06. The van der Waals surface area contributed by atoms with Crippen LogP contribution in [0, 0.1) is 0 Å². The molecule has 9 heteroatoms. The maximum absolute atomic E-state index is 12.7. The van der Waals surface area contributed by atoms with Crippen LogP contribution < -0.4 is 4.90 Å². The zero-order valence-electron chi connectivity index (χ0n) is 16.7. The predicted molar refractivity (Wildman–Crippen MR) is 116 cm³/mol. The average Bonchev–Trinajstić information content (AvgIpc) is 3.02. The number of benzene rings is 2. The summed E-state index contributed by atoms with van der Waals surface area (Å²) >= 11 is 1.20. The molecule has 0 aliphatic carbocycles. The Morgan fingerprint density at radius 3 is 2.29 bits per heavy atom. The van der Waals surface area contributed by atoms with E-state index in [4.69, 9.17) is 4.74 Å². The molecular formula is C22H20F3N3O2S. The summed E-state index contributed by atoms with van der Waals surface area (Å²) in [5, 5.41) is 0.516. The summed E-state index contributed by atoms with van der Waals surface area (Å²) in [6, 6.07) is 12.5. The van der Waals surface area contributed by atoms with Gasteiger partial charge in [0.2, 0.25) is 0 Å². The van der Waals surface area contributed by atoms with Crippen LogP contribution in [0.4, 0.5) is 24.5 Å². The molecule has 1 amide bonds. The number of likely N-dealkylation sites (N-methyl/N-ethyl adjacent to an activating group) is 1. The molecule has 0 radical (unpaired) electrons. The van der Waals surface area contributed by atoms with E-state index < -0.39 is 11.7 Å². The van der Waals surface area contributed by atoms with Crippen LogP contribution in [0.2, 0.25) is 0 Å². The topological polar surface area (TPSA) is 45.1 Å². The van der Waals surface area contributed by atoms with Crippen LogP contribution in [0.25, 0.3) is 6.08 Å². The monoisotopic (exact) mass is 447 g/mol. The summed E-state index contributed by atoms with van der Waals surface area (Å²) in [5.74, 6) is -0.242. The molecule has 0 aromatic heterocycles. The number of halogens is 3. The first kappa shape index (κ1) is 21.5. The first-order valence-electron chi connectivity index (χ1n) is 9.67. The number of morpholine rings is 1. The largest absolute Gasteiger partial charge is 0.416 e. The Morgan fingerprint density at radius 2 is 1.68 bits per heavy atom. The number of carbonyl (C=O) groups is 1. The maximum atomic E-state index is 12.7. The molecule has 2 aliphatic rings. The molecule has 2 aliphatic heterocycles. The SMILES string of the molecule is CN1C(=O)/C(=C/c2ccc(C(F)(F)F)cc2)SC1=Nc1ccc(N2CCOCC2)cc1. The Bertz CT molecular complexity index is 1010. The van der Waals surface area contributed by atoms with Crippen molar-refractivity contribution in [3.05, 3.63) is 64.6 Å². The molecule has 31 heavy (non-hydrogen) atoms. The summed E-state index contributed by atoms with van der Waals surface area (Å²) < 4.78 is 43.5. The van der Waals surface area contributed by atoms with E-state index in [0.717, 1.165) is 36.6 Å². The first-order valence-corrected chi connectivity index (χ1v) is 10.5. The second kappa shape index (κ2) is 8.76. The number of thioether (sulfide) groups is 1. The Hall–Kier alpha value is -2.78. The Morgan fingerprint density at radius 1 is 1.03 bits per heavy atom. The molecule has 5 nitrogen and oxygen atoms in total. The van der Waals surface area contributed by atoms with Crippen molar-refractivity contribution in [3.8, 4) is 0 Å². The molecule has 0 saturated carbocycles. The number of hydrogen-bond acceptors (Lipinski definition) is 5. The minimum absolute atomic E-state index is 0.242. The van der Waals surface area contributed by atoms with Crippen molar-refractivity contribution in [2.45, 2.75) is 6.18 Å². The molecule has 2 heterocycles. The fraction of sp³-hybridized carbons (Fsp3) is 0.273. The van der Waals surface area contributed by atoms with E-state index in [1.807, 2.05) is 24.3 Å². The van der Waals surface area contributed by atoms with Crippen molar-refractivity contribution in [3.63, 3.8) is 0 Å². The van der Waals surface area contributed by atoms with E-state index in [-0.39, 0.29) is 5.91 Å². The van der Waals surface area contributed by atoms with Gasteiger partial charge in [0.15, 0.2) is 5.17 Å². The average molecular weight is 447 g/mol. The Labute approximate surface area is 182 Å². The highest BCUT2D eigenvalue weighted by molar-refractivity contribution is 8.18. The number of amides is 1. The lowest BCUT2D eigenvalue weighted by atomic mass is 10.1. The quantitative estimate of drug-likeness (QED) is 0.636. The summed E-state index contributed by atoms with van der Waals surface area (Å²) in [5.41, 5.74) is 1.61. The smallest absolute Gasteiger partial charge is 0.378 e. The van der Waals surface area contributed by atoms with Crippen LogP contribution >= 0.6 is 11.8 Å². The third kappa shape index (κ3) is 4.94. The second-order valence-corrected chi connectivity index (χ2v) is 8.11. The van der Waals surface area contributed by atoms with Crippen molar-refractivity contribution in [1.82, 2.24) is 4.90 Å². The van der Waals surface area contributed by atoms with Gasteiger partial charge in [-0.2, -0.15) is 13.2 Å². The lowest BCUT2D eigenvalue weighted by Crippen LogP contribution is -2.36. The molecule has 2 aromatic carbocycles. The van der Waals surface area contributed by atoms with Crippen molar-refractivity contribution >= 4 is 40.3 Å². The van der Waals surface area contributed by atoms with Gasteiger partial charge in [0.05, 0.1) is 29.4 Å². The van der Waals surface area contributed by atoms with E-state index in [0.29, 0.717) is 28.9 Å². The van der Waals surface area contributed by atoms with Gasteiger partial charge < -0.3 is 9.64 Å². The van der Waals surface area contributed by atoms with Crippen molar-refractivity contribution in [1.29, 1.82) is 0 Å². The second-order valence-electron chi connectivity index (χ2n) is 7.10. The summed E-state index contributed by atoms with van der Waals surface area (Å²) in [7, 11) is 1.63. The summed E-state index contributed by atoms with van der Waals surface area (Å²) in [4.78, 5) is 21.2. The normalized spacial score (nSPS) is 20.2. The highest BCUT2D eigenvalue weighted by Crippen LogP contribution is 2.34. The minimum Gasteiger partial charge on any atom is -0.378 e. The van der Waals surface area contributed by atoms with E-state index in [9.17, 15) is 18.0 Å². The molecule has 0 spiro atoms. The summed E-state index contributed by atoms with van der Waals surface area (Å²) in [6.07, 6.45) is -2.81. The molecule has 2 saturated heterocycles. The van der Waals surface area contributed by atoms with Gasteiger partial charge in [0, 0.05) is 25.8 Å². The third-order valence-electron chi connectivity index (χ3n) is 4.99. The summed E-state index contributed by atoms with van der Waals surface area (Å²) in [6.45, 7) is 3.11. The standard InChI is InChI=1S/C22H20F3N3O2S/c1-27-20(29)19(14-15-2-4-16(5-3-15)22(23,24)25)31-21(27)26-17-6-8-18(9-7-17)28-10-12-30-13-11-28/h2-9,14H,10-13H2,1H3/b19-14-,26-21?. The number of alkyl halides is 3. The van der Waals surface area contributed by atoms with Gasteiger partial charge in [-0.25, -0.2) is 4.99 Å². The highest BCUT2D eigenvalue weighted by Gasteiger charge is 2.31. The molecule has 0 unspecified atom stereocenters. The van der Waals surface area contributed by atoms with Crippen molar-refractivity contribution < 1.29 is 22.7 Å². The molecule has 2 aromatic rings. The van der Waals surface area contributed by atoms with E-state index in [1.54, 1.807) is 13.1 Å². The number of anilines is 1. The lowest BCUT2D eigenvalue weighted by molar-refractivity contribution is -0.137. The highest BCUT2D eigenvalue weighted by atomic mass is 32.2. The number of aliphatic imine (C=N–C) groups is 1. The van der Waals surface area contributed by atoms with Gasteiger partial charge in [-0.1, -0.05) is 12.1 Å². The zero-order chi connectivity index (χ0) is 22.0. The molecule has 0 N–H and O–H groups in total. The minimum atomic E-state index is -4.39. The van der Waals surface area contributed by atoms with Gasteiger partial charge in [-0.05, 0) is 59.8 Å². The third-order valence-corrected chi connectivity index (χ3v) is 6.05. The zero-order valence-corrected chi connectivity index (χ0v) is 17.5. The predicted octanol–water partition coefficient (Wildman–Crippen LogP) is 4.78. The molecule has 0 atom stereocenters. The number of hydrogen-bond donors (Lipinski definition) is 0. The van der Waals surface area contributed by atoms with E-state index >= 15 is 0 Å². The van der Waals surface area contributed by atoms with E-state index in [2.05, 4.69) is 9.89 Å². The van der Waals surface area contributed by atoms with Gasteiger partial charge in [-0.15, -0.1) is 0 Å². The van der Waals surface area contributed by atoms with Crippen LogP contribution in [0.5, 0.6) is 0 Å². The molecule has 0 bridgehead atoms. The van der Waals surface area contributed by atoms with Gasteiger partial charge in [-0.3, -0.25) is 9.69 Å².